The number of rotatable bonds is 7. The van der Waals surface area contributed by atoms with Crippen molar-refractivity contribution in [2.45, 2.75) is 65.0 Å². The molecule has 5 rings (SSSR count). The lowest BCUT2D eigenvalue weighted by molar-refractivity contribution is -0.0492. The zero-order chi connectivity index (χ0) is 18.9. The van der Waals surface area contributed by atoms with Crippen molar-refractivity contribution >= 4 is 29.9 Å². The zero-order valence-corrected chi connectivity index (χ0v) is 19.6. The van der Waals surface area contributed by atoms with Crippen LogP contribution in [-0.2, 0) is 11.3 Å². The Kier molecular flexibility index (Phi) is 7.22. The maximum atomic E-state index is 5.50. The minimum Gasteiger partial charge on any atom is -0.371 e. The predicted octanol–water partition coefficient (Wildman–Crippen LogP) is 3.67. The van der Waals surface area contributed by atoms with Crippen LogP contribution >= 0.6 is 24.0 Å². The minimum atomic E-state index is -0.152. The molecule has 158 valence electrons. The summed E-state index contributed by atoms with van der Waals surface area (Å²) < 4.78 is 10.8. The van der Waals surface area contributed by atoms with E-state index >= 15 is 0 Å². The number of guanidine groups is 1. The molecular weight excluding hydrogens is 469 g/mol. The summed E-state index contributed by atoms with van der Waals surface area (Å²) in [4.78, 5) is 8.77. The van der Waals surface area contributed by atoms with Gasteiger partial charge in [0.05, 0.1) is 6.54 Å². The predicted molar refractivity (Wildman–Crippen MR) is 119 cm³/mol. The van der Waals surface area contributed by atoms with Crippen molar-refractivity contribution in [3.05, 3.63) is 11.7 Å². The van der Waals surface area contributed by atoms with Gasteiger partial charge < -0.3 is 19.9 Å². The molecule has 4 fully saturated rings. The summed E-state index contributed by atoms with van der Waals surface area (Å²) in [6.07, 6.45) is 8.46. The molecule has 1 heterocycles. The minimum absolute atomic E-state index is 0. The van der Waals surface area contributed by atoms with E-state index in [1.807, 2.05) is 20.9 Å². The van der Waals surface area contributed by atoms with Gasteiger partial charge >= 0.3 is 0 Å². The highest BCUT2D eigenvalue weighted by Gasteiger charge is 2.50. The number of hydrogen-bond donors (Lipinski definition) is 2. The molecule has 0 radical (unpaired) electrons. The smallest absolute Gasteiger partial charge is 0.246 e. The maximum Gasteiger partial charge on any atom is 0.246 e. The van der Waals surface area contributed by atoms with E-state index in [-0.39, 0.29) is 30.1 Å². The Balaban J connectivity index is 0.00000225. The molecule has 8 heteroatoms. The average Bonchev–Trinajstić information content (AvgIpc) is 3.10. The van der Waals surface area contributed by atoms with Gasteiger partial charge in [-0.2, -0.15) is 4.98 Å². The molecule has 1 unspecified atom stereocenters. The molecule has 1 aromatic heterocycles. The Hall–Kier alpha value is -0.900. The van der Waals surface area contributed by atoms with Gasteiger partial charge in [-0.15, -0.1) is 24.0 Å². The highest BCUT2D eigenvalue weighted by atomic mass is 127. The number of nitrogens with one attached hydrogen (secondary N) is 2. The first-order valence-corrected chi connectivity index (χ1v) is 10.5. The summed E-state index contributed by atoms with van der Waals surface area (Å²) >= 11 is 0. The molecule has 7 nitrogen and oxygen atoms in total. The first-order valence-electron chi connectivity index (χ1n) is 10.5. The number of nitrogens with zero attached hydrogens (tertiary/aromatic N) is 3. The Labute approximate surface area is 184 Å². The van der Waals surface area contributed by atoms with Crippen LogP contribution in [0.1, 0.15) is 70.2 Å². The first kappa shape index (κ1) is 21.8. The highest BCUT2D eigenvalue weighted by Crippen LogP contribution is 2.59. The lowest BCUT2D eigenvalue weighted by Gasteiger charge is -2.57. The van der Waals surface area contributed by atoms with Gasteiger partial charge in [-0.05, 0) is 75.5 Å². The van der Waals surface area contributed by atoms with E-state index in [2.05, 4.69) is 25.8 Å². The molecule has 0 aliphatic heterocycles. The van der Waals surface area contributed by atoms with Gasteiger partial charge in [-0.25, -0.2) is 0 Å². The third kappa shape index (κ3) is 4.80. The van der Waals surface area contributed by atoms with Gasteiger partial charge in [0.1, 0.15) is 6.10 Å². The summed E-state index contributed by atoms with van der Waals surface area (Å²) in [5.74, 6) is 4.86. The quantitative estimate of drug-likeness (QED) is 0.336. The van der Waals surface area contributed by atoms with Gasteiger partial charge in [0.25, 0.3) is 0 Å². The lowest BCUT2D eigenvalue weighted by atomic mass is 9.49. The third-order valence-electron chi connectivity index (χ3n) is 6.69. The second-order valence-electron chi connectivity index (χ2n) is 8.84. The molecule has 28 heavy (non-hydrogen) atoms. The molecule has 4 saturated carbocycles. The monoisotopic (exact) mass is 503 g/mol. The van der Waals surface area contributed by atoms with Gasteiger partial charge in [0.15, 0.2) is 11.8 Å². The summed E-state index contributed by atoms with van der Waals surface area (Å²) in [5, 5.41) is 10.9. The van der Waals surface area contributed by atoms with E-state index in [1.54, 1.807) is 0 Å². The number of aromatic nitrogens is 2. The molecule has 4 aliphatic rings. The molecule has 0 saturated heterocycles. The molecule has 1 atom stereocenters. The Morgan fingerprint density at radius 3 is 2.43 bits per heavy atom. The second kappa shape index (κ2) is 9.28. The standard InChI is InChI=1S/C20H33N5O2.HI/c1-4-26-13(2)18-24-17(27-25-18)11-22-19(21-3)23-12-20-8-14-5-15(9-20)7-16(6-14)10-20;/h13-16H,4-12H2,1-3H3,(H2,21,22,23);1H. The van der Waals surface area contributed by atoms with Gasteiger partial charge in [0.2, 0.25) is 5.89 Å². The molecule has 1 aromatic rings. The average molecular weight is 503 g/mol. The Morgan fingerprint density at radius 2 is 1.86 bits per heavy atom. The molecule has 4 aliphatic carbocycles. The van der Waals surface area contributed by atoms with Crippen LogP contribution < -0.4 is 10.6 Å². The number of hydrogen-bond acceptors (Lipinski definition) is 5. The van der Waals surface area contributed by atoms with Crippen molar-refractivity contribution in [3.8, 4) is 0 Å². The van der Waals surface area contributed by atoms with Crippen molar-refractivity contribution in [1.29, 1.82) is 0 Å². The lowest BCUT2D eigenvalue weighted by Crippen LogP contribution is -2.52. The van der Waals surface area contributed by atoms with Gasteiger partial charge in [0, 0.05) is 20.2 Å². The second-order valence-corrected chi connectivity index (χ2v) is 8.84. The van der Waals surface area contributed by atoms with E-state index in [0.29, 0.717) is 30.3 Å². The van der Waals surface area contributed by atoms with E-state index in [4.69, 9.17) is 9.26 Å². The van der Waals surface area contributed by atoms with Crippen LogP contribution in [-0.4, -0.2) is 36.3 Å². The van der Waals surface area contributed by atoms with E-state index in [0.717, 1.165) is 30.3 Å². The topological polar surface area (TPSA) is 84.6 Å². The van der Waals surface area contributed by atoms with Crippen molar-refractivity contribution in [3.63, 3.8) is 0 Å². The molecule has 0 amide bonds. The van der Waals surface area contributed by atoms with E-state index in [9.17, 15) is 0 Å². The van der Waals surface area contributed by atoms with Crippen molar-refractivity contribution in [2.75, 3.05) is 20.2 Å². The Bertz CT molecular complexity index is 642. The van der Waals surface area contributed by atoms with E-state index in [1.165, 1.54) is 38.5 Å². The fourth-order valence-electron chi connectivity index (χ4n) is 5.99. The largest absolute Gasteiger partial charge is 0.371 e. The molecule has 2 N–H and O–H groups in total. The number of halogens is 1. The van der Waals surface area contributed by atoms with Crippen molar-refractivity contribution in [1.82, 2.24) is 20.8 Å². The van der Waals surface area contributed by atoms with E-state index < -0.39 is 0 Å². The highest BCUT2D eigenvalue weighted by molar-refractivity contribution is 14.0. The molecule has 0 spiro atoms. The first-order chi connectivity index (χ1) is 13.1. The van der Waals surface area contributed by atoms with Crippen LogP contribution in [0.5, 0.6) is 0 Å². The number of ether oxygens (including phenoxy) is 1. The van der Waals surface area contributed by atoms with Crippen molar-refractivity contribution in [2.24, 2.45) is 28.2 Å². The van der Waals surface area contributed by atoms with Gasteiger partial charge in [-0.1, -0.05) is 5.16 Å². The summed E-state index contributed by atoms with van der Waals surface area (Å²) in [6, 6.07) is 0. The third-order valence-corrected chi connectivity index (χ3v) is 6.69. The van der Waals surface area contributed by atoms with Crippen LogP contribution in [0.3, 0.4) is 0 Å². The molecule has 0 aromatic carbocycles. The zero-order valence-electron chi connectivity index (χ0n) is 17.2. The molecular formula is C20H34IN5O2. The summed E-state index contributed by atoms with van der Waals surface area (Å²) in [6.45, 7) is 6.00. The number of aliphatic imine (C=N–C) groups is 1. The van der Waals surface area contributed by atoms with Crippen LogP contribution in [0.4, 0.5) is 0 Å². The van der Waals surface area contributed by atoms with Crippen LogP contribution in [0.25, 0.3) is 0 Å². The van der Waals surface area contributed by atoms with Crippen LogP contribution in [0.2, 0.25) is 0 Å². The normalized spacial score (nSPS) is 32.1. The van der Waals surface area contributed by atoms with Crippen molar-refractivity contribution < 1.29 is 9.26 Å². The van der Waals surface area contributed by atoms with Crippen LogP contribution in [0.15, 0.2) is 9.52 Å². The molecule has 4 bridgehead atoms. The maximum absolute atomic E-state index is 5.50. The fraction of sp³-hybridized carbons (Fsp3) is 0.850. The van der Waals surface area contributed by atoms with Gasteiger partial charge in [-0.3, -0.25) is 4.99 Å². The Morgan fingerprint density at radius 1 is 1.21 bits per heavy atom. The summed E-state index contributed by atoms with van der Waals surface area (Å²) in [7, 11) is 1.81. The summed E-state index contributed by atoms with van der Waals surface area (Å²) in [5.41, 5.74) is 0.483. The fourth-order valence-corrected chi connectivity index (χ4v) is 5.99. The SMILES string of the molecule is CCOC(C)c1noc(CNC(=NC)NCC23CC4CC(CC(C4)C2)C3)n1.I. The van der Waals surface area contributed by atoms with Crippen LogP contribution in [0, 0.1) is 23.2 Å².